The number of hydrogen-bond donors (Lipinski definition) is 3. The molecule has 0 saturated carbocycles. The molecular formula is C25H38N2O7P+. The third kappa shape index (κ3) is 10.4. The molecule has 0 bridgehead atoms. The average molecular weight is 510 g/mol. The molecule has 2 aromatic rings. The van der Waals surface area contributed by atoms with Gasteiger partial charge >= 0.3 is 13.9 Å². The van der Waals surface area contributed by atoms with E-state index in [9.17, 15) is 19.4 Å². The average Bonchev–Trinajstić information content (AvgIpc) is 2.83. The number of benzene rings is 2. The van der Waals surface area contributed by atoms with Crippen molar-refractivity contribution >= 4 is 19.6 Å². The lowest BCUT2D eigenvalue weighted by Gasteiger charge is -2.36. The highest BCUT2D eigenvalue weighted by atomic mass is 31.2. The van der Waals surface area contributed by atoms with Crippen molar-refractivity contribution in [1.29, 1.82) is 0 Å². The quantitative estimate of drug-likeness (QED) is 0.177. The molecule has 0 aliphatic heterocycles. The van der Waals surface area contributed by atoms with Crippen LogP contribution in [0.2, 0.25) is 0 Å². The summed E-state index contributed by atoms with van der Waals surface area (Å²) in [6.07, 6.45) is 0.802. The largest absolute Gasteiger partial charge is 0.508 e. The van der Waals surface area contributed by atoms with E-state index in [0.29, 0.717) is 23.1 Å². The van der Waals surface area contributed by atoms with Crippen molar-refractivity contribution in [2.75, 3.05) is 51.3 Å². The van der Waals surface area contributed by atoms with E-state index in [1.807, 2.05) is 36.4 Å². The second kappa shape index (κ2) is 14.2. The number of amides is 1. The van der Waals surface area contributed by atoms with E-state index in [4.69, 9.17) is 13.8 Å². The first-order valence-electron chi connectivity index (χ1n) is 12.0. The number of hydrogen-bond acceptors (Lipinski definition) is 6. The third-order valence-corrected chi connectivity index (χ3v) is 7.10. The molecule has 0 aliphatic carbocycles. The van der Waals surface area contributed by atoms with Crippen molar-refractivity contribution in [3.63, 3.8) is 0 Å². The van der Waals surface area contributed by atoms with Crippen LogP contribution in [0.15, 0.2) is 48.5 Å². The zero-order chi connectivity index (χ0) is 25.7. The Morgan fingerprint density at radius 1 is 0.914 bits per heavy atom. The normalized spacial score (nSPS) is 13.3. The van der Waals surface area contributed by atoms with Crippen LogP contribution >= 0.6 is 7.82 Å². The number of carbonyl (C=O) groups is 1. The summed E-state index contributed by atoms with van der Waals surface area (Å²) in [7, 11) is -3.98. The van der Waals surface area contributed by atoms with Gasteiger partial charge in [0, 0.05) is 12.1 Å². The van der Waals surface area contributed by atoms with Gasteiger partial charge in [-0.2, -0.15) is 0 Å². The molecule has 0 aliphatic rings. The van der Waals surface area contributed by atoms with Gasteiger partial charge in [-0.3, -0.25) is 14.4 Å². The maximum atomic E-state index is 12.3. The molecule has 1 atom stereocenters. The first kappa shape index (κ1) is 28.8. The number of phenols is 1. The highest BCUT2D eigenvalue weighted by Gasteiger charge is 2.25. The van der Waals surface area contributed by atoms with Gasteiger partial charge in [0.1, 0.15) is 18.9 Å². The zero-order valence-corrected chi connectivity index (χ0v) is 21.7. The Hall–Kier alpha value is -2.42. The molecule has 1 amide bonds. The number of carbonyl (C=O) groups excluding carboxylic acids is 1. The van der Waals surface area contributed by atoms with Crippen LogP contribution in [0.1, 0.15) is 38.3 Å². The van der Waals surface area contributed by atoms with Crippen molar-refractivity contribution in [1.82, 2.24) is 0 Å². The van der Waals surface area contributed by atoms with Gasteiger partial charge in [0.05, 0.1) is 32.8 Å². The topological polar surface area (TPSA) is 114 Å². The number of phosphoric ester groups is 1. The molecular weight excluding hydrogens is 471 g/mol. The van der Waals surface area contributed by atoms with Crippen LogP contribution in [-0.4, -0.2) is 66.6 Å². The monoisotopic (exact) mass is 509 g/mol. The summed E-state index contributed by atoms with van der Waals surface area (Å²) in [5.74, 6) is 0.241. The Labute approximate surface area is 207 Å². The molecule has 35 heavy (non-hydrogen) atoms. The lowest BCUT2D eigenvalue weighted by atomic mass is 10.0. The number of nitrogens with one attached hydrogen (secondary N) is 1. The molecule has 194 valence electrons. The predicted octanol–water partition coefficient (Wildman–Crippen LogP) is 4.93. The molecule has 10 heteroatoms. The van der Waals surface area contributed by atoms with Gasteiger partial charge in [-0.25, -0.2) is 9.36 Å². The highest BCUT2D eigenvalue weighted by Crippen LogP contribution is 2.42. The highest BCUT2D eigenvalue weighted by molar-refractivity contribution is 7.47. The summed E-state index contributed by atoms with van der Waals surface area (Å²) in [5.41, 5.74) is 2.82. The number of rotatable bonds is 15. The van der Waals surface area contributed by atoms with Crippen LogP contribution in [0.5, 0.6) is 5.75 Å². The van der Waals surface area contributed by atoms with Gasteiger partial charge in [-0.15, -0.1) is 0 Å². The maximum absolute atomic E-state index is 12.3. The van der Waals surface area contributed by atoms with Gasteiger partial charge < -0.3 is 19.2 Å². The van der Waals surface area contributed by atoms with Gasteiger partial charge in [0.2, 0.25) is 0 Å². The summed E-state index contributed by atoms with van der Waals surface area (Å²) in [4.78, 5) is 21.8. The molecule has 9 nitrogen and oxygen atoms in total. The minimum atomic E-state index is -3.98. The molecule has 2 aromatic carbocycles. The van der Waals surface area contributed by atoms with E-state index >= 15 is 0 Å². The minimum Gasteiger partial charge on any atom is -0.508 e. The fourth-order valence-electron chi connectivity index (χ4n) is 3.79. The lowest BCUT2D eigenvalue weighted by molar-refractivity contribution is -0.925. The Morgan fingerprint density at radius 2 is 1.51 bits per heavy atom. The molecule has 2 rings (SSSR count). The molecule has 0 spiro atoms. The first-order chi connectivity index (χ1) is 16.7. The van der Waals surface area contributed by atoms with Crippen LogP contribution < -0.4 is 5.32 Å². The Kier molecular flexibility index (Phi) is 11.7. The number of ether oxygens (including phenoxy) is 1. The van der Waals surface area contributed by atoms with E-state index in [1.165, 1.54) is 0 Å². The number of phenolic OH excluding ortho intramolecular Hbond substituents is 1. The predicted molar refractivity (Wildman–Crippen MR) is 135 cm³/mol. The second-order valence-electron chi connectivity index (χ2n) is 8.30. The first-order valence-corrected chi connectivity index (χ1v) is 13.5. The fraction of sp³-hybridized carbons (Fsp3) is 0.480. The summed E-state index contributed by atoms with van der Waals surface area (Å²) >= 11 is 0. The summed E-state index contributed by atoms with van der Waals surface area (Å²) < 4.78 is 27.4. The van der Waals surface area contributed by atoms with E-state index in [-0.39, 0.29) is 25.6 Å². The Bertz CT molecular complexity index is 947. The number of quaternary nitrogens is 1. The van der Waals surface area contributed by atoms with Crippen molar-refractivity contribution in [3.05, 3.63) is 59.7 Å². The number of nitrogens with zero attached hydrogens (tertiary/aromatic N) is 1. The second-order valence-corrected chi connectivity index (χ2v) is 9.75. The molecule has 3 N–H and O–H groups in total. The van der Waals surface area contributed by atoms with Gasteiger partial charge in [-0.1, -0.05) is 24.3 Å². The number of aromatic hydroxyl groups is 1. The van der Waals surface area contributed by atoms with E-state index in [2.05, 4.69) is 19.2 Å². The Morgan fingerprint density at radius 3 is 2.09 bits per heavy atom. The number of likely N-dealkylation sites (N-methyl/N-ethyl adjacent to an activating group) is 1. The molecule has 0 aromatic heterocycles. The van der Waals surface area contributed by atoms with Crippen molar-refractivity contribution in [3.8, 4) is 5.75 Å². The van der Waals surface area contributed by atoms with Crippen LogP contribution in [0.25, 0.3) is 0 Å². The number of phosphoric acid groups is 1. The van der Waals surface area contributed by atoms with Gasteiger partial charge in [0.25, 0.3) is 0 Å². The minimum absolute atomic E-state index is 0.112. The lowest BCUT2D eigenvalue weighted by Crippen LogP contribution is -2.50. The molecule has 1 unspecified atom stereocenters. The van der Waals surface area contributed by atoms with Crippen molar-refractivity contribution in [2.24, 2.45) is 0 Å². The van der Waals surface area contributed by atoms with Crippen LogP contribution in [-0.2, 0) is 24.8 Å². The van der Waals surface area contributed by atoms with E-state index in [1.54, 1.807) is 19.1 Å². The van der Waals surface area contributed by atoms with E-state index in [0.717, 1.165) is 37.2 Å². The molecule has 0 fully saturated rings. The number of anilines is 1. The van der Waals surface area contributed by atoms with Crippen molar-refractivity contribution in [2.45, 2.75) is 33.6 Å². The summed E-state index contributed by atoms with van der Waals surface area (Å²) in [6.45, 7) is 9.30. The fourth-order valence-corrected chi connectivity index (χ4v) is 4.55. The summed E-state index contributed by atoms with van der Waals surface area (Å²) in [5, 5.41) is 12.1. The standard InChI is InChI=1S/C25H37N2O7P/c1-4-27(5-2,16-7-18-34-35(30,31)33-6-3)17-19-32-25(29)26-23-12-8-21(9-13-23)20-22-10-14-24(28)15-11-22/h8-15H,4-7,16-20H2,1-3H3,(H2-,26,28,29,30,31)/p+1. The van der Waals surface area contributed by atoms with Crippen LogP contribution in [0.3, 0.4) is 0 Å². The summed E-state index contributed by atoms with van der Waals surface area (Å²) in [6, 6.07) is 14.6. The van der Waals surface area contributed by atoms with Crippen molar-refractivity contribution < 1.29 is 37.6 Å². The molecule has 0 radical (unpaired) electrons. The van der Waals surface area contributed by atoms with Crippen LogP contribution in [0.4, 0.5) is 10.5 Å². The SMILES string of the molecule is CCOP(=O)(O)OCCC[N+](CC)(CC)CCOC(=O)Nc1ccc(Cc2ccc(O)cc2)cc1. The molecule has 0 saturated heterocycles. The smallest absolute Gasteiger partial charge is 0.472 e. The van der Waals surface area contributed by atoms with Gasteiger partial charge in [-0.05, 0) is 62.6 Å². The van der Waals surface area contributed by atoms with Crippen LogP contribution in [0, 0.1) is 0 Å². The zero-order valence-electron chi connectivity index (χ0n) is 20.8. The van der Waals surface area contributed by atoms with E-state index < -0.39 is 13.9 Å². The maximum Gasteiger partial charge on any atom is 0.472 e. The molecule has 0 heterocycles. The Balaban J connectivity index is 1.76. The third-order valence-electron chi connectivity index (χ3n) is 6.01. The van der Waals surface area contributed by atoms with Gasteiger partial charge in [0.15, 0.2) is 0 Å².